The van der Waals surface area contributed by atoms with Crippen molar-refractivity contribution in [3.63, 3.8) is 0 Å². The molecule has 0 aromatic heterocycles. The second kappa shape index (κ2) is 10.6. The Kier molecular flexibility index (Phi) is 8.87. The molecule has 8 heteroatoms. The molecular formula is C17H26N4O3S. The third-order valence-corrected chi connectivity index (χ3v) is 3.46. The van der Waals surface area contributed by atoms with Crippen LogP contribution in [0.5, 0.6) is 5.75 Å². The summed E-state index contributed by atoms with van der Waals surface area (Å²) in [5.74, 6) is 0.542. The first kappa shape index (κ1) is 20.9. The van der Waals surface area contributed by atoms with Gasteiger partial charge in [0.25, 0.3) is 5.91 Å². The van der Waals surface area contributed by atoms with Gasteiger partial charge in [0.1, 0.15) is 5.75 Å². The van der Waals surface area contributed by atoms with Crippen molar-refractivity contribution in [3.8, 4) is 5.75 Å². The SMILES string of the molecule is COC[C@H](C)NC(=S)N/N=C(/C)c1ccc(OCC(=O)N(C)C)cc1. The molecule has 0 saturated carbocycles. The number of methoxy groups -OCH3 is 1. The van der Waals surface area contributed by atoms with Crippen molar-refractivity contribution >= 4 is 28.9 Å². The maximum Gasteiger partial charge on any atom is 0.259 e. The van der Waals surface area contributed by atoms with Crippen LogP contribution in [0, 0.1) is 0 Å². The number of carbonyl (C=O) groups excluding carboxylic acids is 1. The summed E-state index contributed by atoms with van der Waals surface area (Å²) in [4.78, 5) is 13.0. The van der Waals surface area contributed by atoms with E-state index in [2.05, 4.69) is 15.8 Å². The summed E-state index contributed by atoms with van der Waals surface area (Å²) in [6, 6.07) is 7.45. The van der Waals surface area contributed by atoms with Gasteiger partial charge in [0.05, 0.1) is 12.3 Å². The average molecular weight is 366 g/mol. The normalized spacial score (nSPS) is 12.3. The predicted molar refractivity (Wildman–Crippen MR) is 103 cm³/mol. The molecule has 1 aromatic carbocycles. The largest absolute Gasteiger partial charge is 0.484 e. The molecule has 0 unspecified atom stereocenters. The van der Waals surface area contributed by atoms with Crippen molar-refractivity contribution in [1.82, 2.24) is 15.6 Å². The fourth-order valence-electron chi connectivity index (χ4n) is 1.81. The Labute approximate surface area is 154 Å². The Morgan fingerprint density at radius 3 is 2.52 bits per heavy atom. The molecule has 0 fully saturated rings. The molecule has 2 N–H and O–H groups in total. The van der Waals surface area contributed by atoms with Gasteiger partial charge in [-0.2, -0.15) is 5.10 Å². The zero-order chi connectivity index (χ0) is 18.8. The van der Waals surface area contributed by atoms with E-state index in [0.29, 0.717) is 17.5 Å². The molecule has 0 bridgehead atoms. The maximum absolute atomic E-state index is 11.5. The Morgan fingerprint density at radius 1 is 1.32 bits per heavy atom. The van der Waals surface area contributed by atoms with E-state index in [9.17, 15) is 4.79 Å². The van der Waals surface area contributed by atoms with Gasteiger partial charge < -0.3 is 19.7 Å². The summed E-state index contributed by atoms with van der Waals surface area (Å²) in [7, 11) is 5.02. The zero-order valence-electron chi connectivity index (χ0n) is 15.3. The lowest BCUT2D eigenvalue weighted by atomic mass is 10.1. The summed E-state index contributed by atoms with van der Waals surface area (Å²) < 4.78 is 10.5. The first-order valence-corrected chi connectivity index (χ1v) is 8.27. The molecule has 0 aliphatic heterocycles. The van der Waals surface area contributed by atoms with Gasteiger partial charge in [0, 0.05) is 27.2 Å². The highest BCUT2D eigenvalue weighted by Crippen LogP contribution is 2.13. The molecule has 0 radical (unpaired) electrons. The van der Waals surface area contributed by atoms with E-state index in [1.54, 1.807) is 33.3 Å². The topological polar surface area (TPSA) is 75.2 Å². The number of benzene rings is 1. The number of carbonyl (C=O) groups is 1. The van der Waals surface area contributed by atoms with E-state index in [0.717, 1.165) is 11.3 Å². The van der Waals surface area contributed by atoms with E-state index < -0.39 is 0 Å². The van der Waals surface area contributed by atoms with Crippen molar-refractivity contribution < 1.29 is 14.3 Å². The molecule has 1 amide bonds. The number of rotatable bonds is 8. The molecule has 0 saturated heterocycles. The Hall–Kier alpha value is -2.19. The molecule has 0 aliphatic rings. The number of nitrogens with one attached hydrogen (secondary N) is 2. The number of hydrazone groups is 1. The van der Waals surface area contributed by atoms with Crippen LogP contribution in [-0.2, 0) is 9.53 Å². The number of amides is 1. The Balaban J connectivity index is 2.54. The average Bonchev–Trinajstić information content (AvgIpc) is 2.58. The van der Waals surface area contributed by atoms with Crippen LogP contribution in [0.25, 0.3) is 0 Å². The van der Waals surface area contributed by atoms with E-state index in [4.69, 9.17) is 21.7 Å². The first-order valence-electron chi connectivity index (χ1n) is 7.86. The minimum absolute atomic E-state index is 0.0145. The second-order valence-corrected chi connectivity index (χ2v) is 6.15. The fraction of sp³-hybridized carbons (Fsp3) is 0.471. The fourth-order valence-corrected chi connectivity index (χ4v) is 2.06. The highest BCUT2D eigenvalue weighted by Gasteiger charge is 2.06. The van der Waals surface area contributed by atoms with Gasteiger partial charge in [0.15, 0.2) is 11.7 Å². The van der Waals surface area contributed by atoms with Gasteiger partial charge in [-0.25, -0.2) is 0 Å². The number of hydrogen-bond donors (Lipinski definition) is 2. The van der Waals surface area contributed by atoms with Gasteiger partial charge in [-0.15, -0.1) is 0 Å². The molecule has 0 heterocycles. The van der Waals surface area contributed by atoms with Crippen LogP contribution in [0.2, 0.25) is 0 Å². The smallest absolute Gasteiger partial charge is 0.259 e. The van der Waals surface area contributed by atoms with Crippen molar-refractivity contribution in [2.75, 3.05) is 34.4 Å². The highest BCUT2D eigenvalue weighted by molar-refractivity contribution is 7.80. The molecular weight excluding hydrogens is 340 g/mol. The summed E-state index contributed by atoms with van der Waals surface area (Å²) in [5, 5.41) is 7.76. The van der Waals surface area contributed by atoms with Crippen LogP contribution in [-0.4, -0.2) is 62.1 Å². The molecule has 1 aromatic rings. The van der Waals surface area contributed by atoms with Crippen molar-refractivity contribution in [1.29, 1.82) is 0 Å². The Morgan fingerprint density at radius 2 is 1.96 bits per heavy atom. The molecule has 1 rings (SSSR count). The first-order chi connectivity index (χ1) is 11.8. The Bertz CT molecular complexity index is 602. The van der Waals surface area contributed by atoms with Gasteiger partial charge in [-0.1, -0.05) is 0 Å². The number of nitrogens with zero attached hydrogens (tertiary/aromatic N) is 2. The van der Waals surface area contributed by atoms with Crippen LogP contribution in [0.15, 0.2) is 29.4 Å². The number of likely N-dealkylation sites (N-methyl/N-ethyl adjacent to an activating group) is 1. The third kappa shape index (κ3) is 7.95. The van der Waals surface area contributed by atoms with Crippen molar-refractivity contribution in [2.45, 2.75) is 19.9 Å². The summed E-state index contributed by atoms with van der Waals surface area (Å²) in [6.07, 6.45) is 0. The molecule has 0 spiro atoms. The van der Waals surface area contributed by atoms with Crippen LogP contribution in [0.3, 0.4) is 0 Å². The standard InChI is InChI=1S/C17H26N4O3S/c1-12(10-23-5)18-17(25)20-19-13(2)14-6-8-15(9-7-14)24-11-16(22)21(3)4/h6-9,12H,10-11H2,1-5H3,(H2,18,20,25)/b19-13-/t12-/m0/s1. The highest BCUT2D eigenvalue weighted by atomic mass is 32.1. The molecule has 138 valence electrons. The van der Waals surface area contributed by atoms with E-state index in [-0.39, 0.29) is 18.6 Å². The number of hydrogen-bond acceptors (Lipinski definition) is 5. The number of thiocarbonyl (C=S) groups is 1. The molecule has 1 atom stereocenters. The van der Waals surface area contributed by atoms with Crippen LogP contribution in [0.1, 0.15) is 19.4 Å². The van der Waals surface area contributed by atoms with Gasteiger partial charge in [-0.05, 0) is 55.9 Å². The minimum Gasteiger partial charge on any atom is -0.484 e. The molecule has 0 aliphatic carbocycles. The predicted octanol–water partition coefficient (Wildman–Crippen LogP) is 1.38. The molecule has 7 nitrogen and oxygen atoms in total. The van der Waals surface area contributed by atoms with Crippen molar-refractivity contribution in [3.05, 3.63) is 29.8 Å². The maximum atomic E-state index is 11.5. The quantitative estimate of drug-likeness (QED) is 0.411. The second-order valence-electron chi connectivity index (χ2n) is 5.74. The van der Waals surface area contributed by atoms with Crippen molar-refractivity contribution in [2.24, 2.45) is 5.10 Å². The third-order valence-electron chi connectivity index (χ3n) is 3.25. The van der Waals surface area contributed by atoms with E-state index in [1.165, 1.54) is 4.90 Å². The summed E-state index contributed by atoms with van der Waals surface area (Å²) in [5.41, 5.74) is 4.51. The lowest BCUT2D eigenvalue weighted by Gasteiger charge is -2.14. The summed E-state index contributed by atoms with van der Waals surface area (Å²) >= 11 is 5.17. The summed E-state index contributed by atoms with van der Waals surface area (Å²) in [6.45, 7) is 4.41. The number of ether oxygens (including phenoxy) is 2. The zero-order valence-corrected chi connectivity index (χ0v) is 16.1. The van der Waals surface area contributed by atoms with Crippen LogP contribution >= 0.6 is 12.2 Å². The lowest BCUT2D eigenvalue weighted by Crippen LogP contribution is -2.40. The lowest BCUT2D eigenvalue weighted by molar-refractivity contribution is -0.130. The minimum atomic E-state index is -0.0882. The van der Waals surface area contributed by atoms with Gasteiger partial charge >= 0.3 is 0 Å². The van der Waals surface area contributed by atoms with Crippen LogP contribution in [0.4, 0.5) is 0 Å². The van der Waals surface area contributed by atoms with Gasteiger partial charge in [-0.3, -0.25) is 10.2 Å². The monoisotopic (exact) mass is 366 g/mol. The van der Waals surface area contributed by atoms with Gasteiger partial charge in [0.2, 0.25) is 0 Å². The van der Waals surface area contributed by atoms with Crippen LogP contribution < -0.4 is 15.5 Å². The van der Waals surface area contributed by atoms with E-state index in [1.807, 2.05) is 26.0 Å². The van der Waals surface area contributed by atoms with E-state index >= 15 is 0 Å². The molecule has 25 heavy (non-hydrogen) atoms.